The van der Waals surface area contributed by atoms with Gasteiger partial charge in [-0.3, -0.25) is 4.79 Å². The summed E-state index contributed by atoms with van der Waals surface area (Å²) in [5.74, 6) is 2.85. The predicted molar refractivity (Wildman–Crippen MR) is 110 cm³/mol. The SMILES string of the molecule is COc1cccc(CC(=O)N2[C@@H]3CC[C@H]2Cc2nnc(-c4ccccc4)n2C3)c1. The van der Waals surface area contributed by atoms with E-state index in [9.17, 15) is 4.79 Å². The molecule has 0 saturated carbocycles. The summed E-state index contributed by atoms with van der Waals surface area (Å²) in [4.78, 5) is 15.4. The topological polar surface area (TPSA) is 60.2 Å². The Hall–Kier alpha value is -3.15. The third-order valence-electron chi connectivity index (χ3n) is 6.07. The summed E-state index contributed by atoms with van der Waals surface area (Å²) in [5.41, 5.74) is 2.06. The van der Waals surface area contributed by atoms with Crippen molar-refractivity contribution in [1.29, 1.82) is 0 Å². The van der Waals surface area contributed by atoms with Gasteiger partial charge in [-0.05, 0) is 30.5 Å². The van der Waals surface area contributed by atoms with Gasteiger partial charge in [-0.15, -0.1) is 10.2 Å². The number of rotatable bonds is 4. The van der Waals surface area contributed by atoms with Gasteiger partial charge in [0.1, 0.15) is 11.6 Å². The number of amides is 1. The molecular weight excluding hydrogens is 364 g/mol. The fourth-order valence-electron chi connectivity index (χ4n) is 4.70. The smallest absolute Gasteiger partial charge is 0.227 e. The number of fused-ring (bicyclic) bond motifs is 3. The Balaban J connectivity index is 1.40. The van der Waals surface area contributed by atoms with Gasteiger partial charge in [0.25, 0.3) is 0 Å². The molecule has 1 fully saturated rings. The van der Waals surface area contributed by atoms with E-state index in [0.29, 0.717) is 6.42 Å². The second-order valence-electron chi connectivity index (χ2n) is 7.83. The lowest BCUT2D eigenvalue weighted by Gasteiger charge is -2.28. The minimum atomic E-state index is 0.186. The lowest BCUT2D eigenvalue weighted by molar-refractivity contribution is -0.133. The Labute approximate surface area is 170 Å². The molecule has 2 aromatic carbocycles. The third kappa shape index (κ3) is 3.28. The van der Waals surface area contributed by atoms with Gasteiger partial charge in [0, 0.05) is 24.6 Å². The van der Waals surface area contributed by atoms with Crippen molar-refractivity contribution in [2.45, 2.75) is 44.3 Å². The molecule has 1 aromatic heterocycles. The molecule has 2 bridgehead atoms. The molecule has 1 saturated heterocycles. The van der Waals surface area contributed by atoms with E-state index >= 15 is 0 Å². The number of benzene rings is 2. The average Bonchev–Trinajstić information content (AvgIpc) is 3.28. The molecule has 0 unspecified atom stereocenters. The van der Waals surface area contributed by atoms with Crippen molar-refractivity contribution in [1.82, 2.24) is 19.7 Å². The second kappa shape index (κ2) is 7.35. The van der Waals surface area contributed by atoms with Crippen LogP contribution in [0.25, 0.3) is 11.4 Å². The first-order valence-corrected chi connectivity index (χ1v) is 10.1. The molecule has 1 amide bonds. The van der Waals surface area contributed by atoms with Crippen LogP contribution in [-0.2, 0) is 24.2 Å². The molecule has 0 radical (unpaired) electrons. The van der Waals surface area contributed by atoms with Crippen molar-refractivity contribution >= 4 is 5.91 Å². The van der Waals surface area contributed by atoms with Crippen molar-refractivity contribution < 1.29 is 9.53 Å². The summed E-state index contributed by atoms with van der Waals surface area (Å²) in [6, 6.07) is 18.3. The Kier molecular flexibility index (Phi) is 4.54. The van der Waals surface area contributed by atoms with Gasteiger partial charge < -0.3 is 14.2 Å². The van der Waals surface area contributed by atoms with Crippen LogP contribution in [0.5, 0.6) is 5.75 Å². The van der Waals surface area contributed by atoms with Crippen LogP contribution < -0.4 is 4.74 Å². The van der Waals surface area contributed by atoms with Crippen molar-refractivity contribution in [2.75, 3.05) is 7.11 Å². The molecule has 0 aliphatic carbocycles. The minimum absolute atomic E-state index is 0.186. The molecule has 6 heteroatoms. The normalized spacial score (nSPS) is 20.2. The Morgan fingerprint density at radius 3 is 2.72 bits per heavy atom. The minimum Gasteiger partial charge on any atom is -0.497 e. The average molecular weight is 388 g/mol. The van der Waals surface area contributed by atoms with Gasteiger partial charge in [0.05, 0.1) is 19.6 Å². The van der Waals surface area contributed by atoms with E-state index in [1.807, 2.05) is 42.5 Å². The van der Waals surface area contributed by atoms with Gasteiger partial charge >= 0.3 is 0 Å². The number of methoxy groups -OCH3 is 1. The second-order valence-corrected chi connectivity index (χ2v) is 7.83. The molecule has 2 aliphatic heterocycles. The van der Waals surface area contributed by atoms with E-state index in [0.717, 1.165) is 54.3 Å². The van der Waals surface area contributed by atoms with E-state index < -0.39 is 0 Å². The molecule has 0 spiro atoms. The zero-order chi connectivity index (χ0) is 19.8. The number of aromatic nitrogens is 3. The highest BCUT2D eigenvalue weighted by atomic mass is 16.5. The van der Waals surface area contributed by atoms with Crippen LogP contribution in [0.1, 0.15) is 24.2 Å². The standard InChI is InChI=1S/C23H24N4O2/c1-29-20-9-5-6-16(12-20)13-22(28)27-18-10-11-19(27)15-26-21(14-18)24-25-23(26)17-7-3-2-4-8-17/h2-9,12,18-19H,10-11,13-15H2,1H3/t18-,19+/m0/s1. The highest BCUT2D eigenvalue weighted by Gasteiger charge is 2.41. The van der Waals surface area contributed by atoms with Crippen LogP contribution in [0.15, 0.2) is 54.6 Å². The molecule has 29 heavy (non-hydrogen) atoms. The van der Waals surface area contributed by atoms with Crippen molar-refractivity contribution in [3.8, 4) is 17.1 Å². The zero-order valence-corrected chi connectivity index (χ0v) is 16.5. The third-order valence-corrected chi connectivity index (χ3v) is 6.07. The van der Waals surface area contributed by atoms with Crippen molar-refractivity contribution in [3.05, 3.63) is 66.0 Å². The van der Waals surface area contributed by atoms with E-state index in [1.165, 1.54) is 0 Å². The van der Waals surface area contributed by atoms with E-state index in [2.05, 4.69) is 31.8 Å². The first kappa shape index (κ1) is 17.9. The lowest BCUT2D eigenvalue weighted by atomic mass is 10.1. The predicted octanol–water partition coefficient (Wildman–Crippen LogP) is 3.11. The van der Waals surface area contributed by atoms with Gasteiger partial charge in [-0.25, -0.2) is 0 Å². The first-order valence-electron chi connectivity index (χ1n) is 10.1. The monoisotopic (exact) mass is 388 g/mol. The molecule has 0 N–H and O–H groups in total. The van der Waals surface area contributed by atoms with E-state index in [-0.39, 0.29) is 18.0 Å². The molecule has 2 aliphatic rings. The van der Waals surface area contributed by atoms with Crippen LogP contribution >= 0.6 is 0 Å². The van der Waals surface area contributed by atoms with Crippen molar-refractivity contribution in [3.63, 3.8) is 0 Å². The highest BCUT2D eigenvalue weighted by molar-refractivity contribution is 5.80. The van der Waals surface area contributed by atoms with Gasteiger partial charge in [-0.1, -0.05) is 42.5 Å². The molecule has 5 rings (SSSR count). The van der Waals surface area contributed by atoms with E-state index in [4.69, 9.17) is 4.74 Å². The molecular formula is C23H24N4O2. The molecule has 3 heterocycles. The number of hydrogen-bond donors (Lipinski definition) is 0. The Bertz CT molecular complexity index is 1030. The maximum Gasteiger partial charge on any atom is 0.227 e. The maximum atomic E-state index is 13.2. The molecule has 3 aromatic rings. The fraction of sp³-hybridized carbons (Fsp3) is 0.348. The maximum absolute atomic E-state index is 13.2. The summed E-state index contributed by atoms with van der Waals surface area (Å²) in [6.45, 7) is 0.757. The van der Waals surface area contributed by atoms with Crippen LogP contribution in [0.3, 0.4) is 0 Å². The van der Waals surface area contributed by atoms with Gasteiger partial charge in [0.2, 0.25) is 5.91 Å². The zero-order valence-electron chi connectivity index (χ0n) is 16.5. The number of nitrogens with zero attached hydrogens (tertiary/aromatic N) is 4. The molecule has 2 atom stereocenters. The van der Waals surface area contributed by atoms with Crippen LogP contribution in [-0.4, -0.2) is 44.8 Å². The summed E-state index contributed by atoms with van der Waals surface area (Å²) < 4.78 is 7.51. The fourth-order valence-corrected chi connectivity index (χ4v) is 4.70. The van der Waals surface area contributed by atoms with Crippen LogP contribution in [0.4, 0.5) is 0 Å². The Morgan fingerprint density at radius 2 is 1.90 bits per heavy atom. The summed E-state index contributed by atoms with van der Waals surface area (Å²) >= 11 is 0. The van der Waals surface area contributed by atoms with E-state index in [1.54, 1.807) is 7.11 Å². The quantitative estimate of drug-likeness (QED) is 0.689. The number of hydrogen-bond acceptors (Lipinski definition) is 4. The number of carbonyl (C=O) groups is 1. The summed E-state index contributed by atoms with van der Waals surface area (Å²) in [5, 5.41) is 8.93. The largest absolute Gasteiger partial charge is 0.497 e. The number of carbonyl (C=O) groups excluding carboxylic acids is 1. The van der Waals surface area contributed by atoms with Gasteiger partial charge in [-0.2, -0.15) is 0 Å². The van der Waals surface area contributed by atoms with Crippen LogP contribution in [0.2, 0.25) is 0 Å². The summed E-state index contributed by atoms with van der Waals surface area (Å²) in [7, 11) is 1.65. The first-order chi connectivity index (χ1) is 14.2. The van der Waals surface area contributed by atoms with Crippen LogP contribution in [0, 0.1) is 0 Å². The lowest BCUT2D eigenvalue weighted by Crippen LogP contribution is -2.42. The Morgan fingerprint density at radius 1 is 1.07 bits per heavy atom. The molecule has 6 nitrogen and oxygen atoms in total. The molecule has 148 valence electrons. The van der Waals surface area contributed by atoms with Crippen molar-refractivity contribution in [2.24, 2.45) is 0 Å². The number of ether oxygens (including phenoxy) is 1. The highest BCUT2D eigenvalue weighted by Crippen LogP contribution is 2.33. The van der Waals surface area contributed by atoms with Gasteiger partial charge in [0.15, 0.2) is 5.82 Å². The summed E-state index contributed by atoms with van der Waals surface area (Å²) in [6.07, 6.45) is 3.22.